The van der Waals surface area contributed by atoms with Crippen molar-refractivity contribution in [2.24, 2.45) is 5.73 Å². The van der Waals surface area contributed by atoms with E-state index in [0.717, 1.165) is 0 Å². The van der Waals surface area contributed by atoms with Gasteiger partial charge in [-0.25, -0.2) is 9.69 Å². The van der Waals surface area contributed by atoms with Crippen LogP contribution in [-0.4, -0.2) is 25.3 Å². The van der Waals surface area contributed by atoms with Crippen molar-refractivity contribution in [3.8, 4) is 0 Å². The Labute approximate surface area is 75.1 Å². The molecule has 2 heterocycles. The third-order valence-corrected chi connectivity index (χ3v) is 1.91. The lowest BCUT2D eigenvalue weighted by molar-refractivity contribution is 0.145. The summed E-state index contributed by atoms with van der Waals surface area (Å²) in [5.74, 6) is 0.501. The summed E-state index contributed by atoms with van der Waals surface area (Å²) in [5, 5.41) is 0. The van der Waals surface area contributed by atoms with Gasteiger partial charge in [0.1, 0.15) is 6.10 Å². The minimum Gasteiger partial charge on any atom is -0.448 e. The first-order chi connectivity index (χ1) is 6.31. The van der Waals surface area contributed by atoms with Crippen LogP contribution in [0.25, 0.3) is 0 Å². The van der Waals surface area contributed by atoms with E-state index in [1.165, 1.54) is 11.2 Å². The number of anilines is 1. The number of hydrogen-bond acceptors (Lipinski definition) is 4. The molecule has 1 saturated heterocycles. The number of amides is 1. The Balaban J connectivity index is 2.14. The number of carbonyl (C=O) groups excluding carboxylic acids is 1. The second kappa shape index (κ2) is 3.10. The number of nitrogens with zero attached hydrogens (tertiary/aromatic N) is 1. The molecular formula is C8H10N2O3. The van der Waals surface area contributed by atoms with Crippen molar-refractivity contribution < 1.29 is 13.9 Å². The first-order valence-corrected chi connectivity index (χ1v) is 4.03. The van der Waals surface area contributed by atoms with Gasteiger partial charge in [-0.05, 0) is 6.07 Å². The molecule has 0 aromatic carbocycles. The normalized spacial score (nSPS) is 22.1. The summed E-state index contributed by atoms with van der Waals surface area (Å²) < 4.78 is 10.0. The minimum atomic E-state index is -0.398. The third-order valence-electron chi connectivity index (χ3n) is 1.91. The van der Waals surface area contributed by atoms with E-state index in [-0.39, 0.29) is 6.10 Å². The van der Waals surface area contributed by atoms with E-state index in [1.807, 2.05) is 0 Å². The van der Waals surface area contributed by atoms with Gasteiger partial charge < -0.3 is 14.9 Å². The summed E-state index contributed by atoms with van der Waals surface area (Å²) in [5.41, 5.74) is 5.38. The van der Waals surface area contributed by atoms with Crippen LogP contribution in [0.3, 0.4) is 0 Å². The van der Waals surface area contributed by atoms with Crippen LogP contribution in [0.5, 0.6) is 0 Å². The molecule has 1 atom stereocenters. The van der Waals surface area contributed by atoms with E-state index in [2.05, 4.69) is 0 Å². The fourth-order valence-corrected chi connectivity index (χ4v) is 1.25. The van der Waals surface area contributed by atoms with Crippen molar-refractivity contribution in [1.82, 2.24) is 0 Å². The van der Waals surface area contributed by atoms with Crippen LogP contribution in [0.4, 0.5) is 10.7 Å². The van der Waals surface area contributed by atoms with Crippen molar-refractivity contribution in [2.75, 3.05) is 18.0 Å². The van der Waals surface area contributed by atoms with Crippen LogP contribution in [0, 0.1) is 0 Å². The Hall–Kier alpha value is -1.49. The van der Waals surface area contributed by atoms with Crippen molar-refractivity contribution >= 4 is 12.0 Å². The average molecular weight is 182 g/mol. The Kier molecular flexibility index (Phi) is 1.94. The summed E-state index contributed by atoms with van der Waals surface area (Å²) in [7, 11) is 0. The fourth-order valence-electron chi connectivity index (χ4n) is 1.25. The predicted octanol–water partition coefficient (Wildman–Crippen LogP) is 0.563. The third kappa shape index (κ3) is 1.38. The van der Waals surface area contributed by atoms with E-state index in [1.54, 1.807) is 12.1 Å². The zero-order valence-corrected chi connectivity index (χ0v) is 6.97. The number of carbonyl (C=O) groups is 1. The molecule has 0 bridgehead atoms. The molecule has 2 rings (SSSR count). The van der Waals surface area contributed by atoms with E-state index in [9.17, 15) is 4.79 Å². The summed E-state index contributed by atoms with van der Waals surface area (Å²) >= 11 is 0. The number of nitrogens with two attached hydrogens (primary N) is 1. The van der Waals surface area contributed by atoms with Crippen molar-refractivity contribution in [3.63, 3.8) is 0 Å². The zero-order chi connectivity index (χ0) is 9.26. The van der Waals surface area contributed by atoms with Gasteiger partial charge in [-0.3, -0.25) is 0 Å². The van der Waals surface area contributed by atoms with Gasteiger partial charge >= 0.3 is 6.09 Å². The standard InChI is InChI=1S/C8H10N2O3/c9-4-6-5-10(8(11)13-6)7-2-1-3-12-7/h1-3,6H,4-5,9H2/t6-/m0/s1. The number of furan rings is 1. The highest BCUT2D eigenvalue weighted by Crippen LogP contribution is 2.21. The molecule has 13 heavy (non-hydrogen) atoms. The molecule has 0 unspecified atom stereocenters. The molecule has 0 spiro atoms. The molecule has 1 aromatic heterocycles. The monoisotopic (exact) mass is 182 g/mol. The molecule has 5 heteroatoms. The summed E-state index contributed by atoms with van der Waals surface area (Å²) in [4.78, 5) is 12.7. The van der Waals surface area contributed by atoms with Crippen LogP contribution in [0.15, 0.2) is 22.8 Å². The maximum Gasteiger partial charge on any atom is 0.417 e. The Morgan fingerprint density at radius 3 is 3.08 bits per heavy atom. The summed E-state index contributed by atoms with van der Waals surface area (Å²) in [6.07, 6.45) is 0.890. The molecule has 2 N–H and O–H groups in total. The summed E-state index contributed by atoms with van der Waals surface area (Å²) in [6, 6.07) is 3.43. The van der Waals surface area contributed by atoms with Crippen LogP contribution >= 0.6 is 0 Å². The fraction of sp³-hybridized carbons (Fsp3) is 0.375. The van der Waals surface area contributed by atoms with Gasteiger partial charge in [0.2, 0.25) is 5.88 Å². The maximum atomic E-state index is 11.2. The molecule has 5 nitrogen and oxygen atoms in total. The number of rotatable bonds is 2. The van der Waals surface area contributed by atoms with Gasteiger partial charge in [0, 0.05) is 12.6 Å². The lowest BCUT2D eigenvalue weighted by atomic mass is 10.3. The number of ether oxygens (including phenoxy) is 1. The number of hydrogen-bond donors (Lipinski definition) is 1. The Morgan fingerprint density at radius 2 is 2.54 bits per heavy atom. The maximum absolute atomic E-state index is 11.2. The van der Waals surface area contributed by atoms with Gasteiger partial charge in [-0.1, -0.05) is 0 Å². The zero-order valence-electron chi connectivity index (χ0n) is 6.97. The van der Waals surface area contributed by atoms with Gasteiger partial charge in [0.25, 0.3) is 0 Å². The molecule has 1 aliphatic rings. The highest BCUT2D eigenvalue weighted by Gasteiger charge is 2.32. The van der Waals surface area contributed by atoms with Crippen LogP contribution in [0.2, 0.25) is 0 Å². The number of cyclic esters (lactones) is 1. The van der Waals surface area contributed by atoms with Gasteiger partial charge in [0.05, 0.1) is 12.8 Å². The molecular weight excluding hydrogens is 172 g/mol. The second-order valence-electron chi connectivity index (χ2n) is 2.80. The molecule has 70 valence electrons. The van der Waals surface area contributed by atoms with E-state index in [4.69, 9.17) is 14.9 Å². The van der Waals surface area contributed by atoms with E-state index in [0.29, 0.717) is 19.0 Å². The molecule has 0 aliphatic carbocycles. The van der Waals surface area contributed by atoms with Gasteiger partial charge in [-0.15, -0.1) is 0 Å². The van der Waals surface area contributed by atoms with Crippen molar-refractivity contribution in [3.05, 3.63) is 18.4 Å². The molecule has 1 aliphatic heterocycles. The van der Waals surface area contributed by atoms with Crippen molar-refractivity contribution in [1.29, 1.82) is 0 Å². The summed E-state index contributed by atoms with van der Waals surface area (Å²) in [6.45, 7) is 0.797. The Bertz CT molecular complexity index is 296. The average Bonchev–Trinajstić information content (AvgIpc) is 2.72. The topological polar surface area (TPSA) is 68.7 Å². The van der Waals surface area contributed by atoms with E-state index < -0.39 is 6.09 Å². The van der Waals surface area contributed by atoms with Gasteiger partial charge in [-0.2, -0.15) is 0 Å². The van der Waals surface area contributed by atoms with Crippen LogP contribution < -0.4 is 10.6 Å². The molecule has 0 saturated carbocycles. The van der Waals surface area contributed by atoms with Gasteiger partial charge in [0.15, 0.2) is 0 Å². The van der Waals surface area contributed by atoms with Crippen LogP contribution in [-0.2, 0) is 4.74 Å². The first-order valence-electron chi connectivity index (χ1n) is 4.03. The lowest BCUT2D eigenvalue weighted by Gasteiger charge is -2.07. The smallest absolute Gasteiger partial charge is 0.417 e. The molecule has 1 fully saturated rings. The molecule has 1 amide bonds. The largest absolute Gasteiger partial charge is 0.448 e. The highest BCUT2D eigenvalue weighted by atomic mass is 16.6. The minimum absolute atomic E-state index is 0.224. The highest BCUT2D eigenvalue weighted by molar-refractivity contribution is 5.88. The van der Waals surface area contributed by atoms with Crippen molar-refractivity contribution in [2.45, 2.75) is 6.10 Å². The van der Waals surface area contributed by atoms with Crippen LogP contribution in [0.1, 0.15) is 0 Å². The quantitative estimate of drug-likeness (QED) is 0.725. The molecule has 0 radical (unpaired) electrons. The second-order valence-corrected chi connectivity index (χ2v) is 2.80. The molecule has 1 aromatic rings. The first kappa shape index (κ1) is 8.12. The SMILES string of the molecule is NC[C@H]1CN(c2ccco2)C(=O)O1. The van der Waals surface area contributed by atoms with E-state index >= 15 is 0 Å². The lowest BCUT2D eigenvalue weighted by Crippen LogP contribution is -2.27. The Morgan fingerprint density at radius 1 is 1.69 bits per heavy atom. The predicted molar refractivity (Wildman–Crippen MR) is 45.4 cm³/mol.